The molecular weight excluding hydrogens is 310 g/mol. The van der Waals surface area contributed by atoms with Gasteiger partial charge in [0, 0.05) is 4.90 Å². The Kier molecular flexibility index (Phi) is 6.05. The third-order valence-electron chi connectivity index (χ3n) is 2.79. The van der Waals surface area contributed by atoms with Gasteiger partial charge in [-0.2, -0.15) is 10.5 Å². The molecule has 114 valence electrons. The average Bonchev–Trinajstić information content (AvgIpc) is 2.59. The lowest BCUT2D eigenvalue weighted by Gasteiger charge is -2.10. The second-order valence-corrected chi connectivity index (χ2v) is 5.44. The summed E-state index contributed by atoms with van der Waals surface area (Å²) in [7, 11) is 0. The van der Waals surface area contributed by atoms with E-state index in [1.54, 1.807) is 30.3 Å². The Morgan fingerprint density at radius 1 is 1.17 bits per heavy atom. The number of anilines is 1. The molecular formula is C17H13N3O2S. The zero-order valence-corrected chi connectivity index (χ0v) is 13.0. The molecule has 0 spiro atoms. The molecule has 0 aliphatic rings. The van der Waals surface area contributed by atoms with Crippen molar-refractivity contribution >= 4 is 23.4 Å². The quantitative estimate of drug-likeness (QED) is 0.825. The fraction of sp³-hybridized carbons (Fsp3) is 0.118. The van der Waals surface area contributed by atoms with Crippen molar-refractivity contribution in [3.05, 3.63) is 54.1 Å². The monoisotopic (exact) mass is 323 g/mol. The number of hydrogen-bond donors (Lipinski definition) is 1. The van der Waals surface area contributed by atoms with Crippen LogP contribution in [0.25, 0.3) is 0 Å². The smallest absolute Gasteiger partial charge is 0.262 e. The largest absolute Gasteiger partial charge is 0.484 e. The van der Waals surface area contributed by atoms with Crippen LogP contribution in [0.4, 0.5) is 5.69 Å². The molecule has 2 rings (SSSR count). The van der Waals surface area contributed by atoms with Gasteiger partial charge in [-0.05, 0) is 30.3 Å². The molecule has 0 saturated carbocycles. The number of nitrogens with zero attached hydrogens (tertiary/aromatic N) is 2. The highest BCUT2D eigenvalue weighted by atomic mass is 32.2. The van der Waals surface area contributed by atoms with Crippen molar-refractivity contribution in [1.82, 2.24) is 0 Å². The van der Waals surface area contributed by atoms with E-state index in [0.717, 1.165) is 4.90 Å². The van der Waals surface area contributed by atoms with Crippen molar-refractivity contribution in [3.63, 3.8) is 0 Å². The number of nitrogens with one attached hydrogen (secondary N) is 1. The van der Waals surface area contributed by atoms with E-state index in [0.29, 0.717) is 22.8 Å². The molecule has 0 fully saturated rings. The molecule has 0 aliphatic carbocycles. The lowest BCUT2D eigenvalue weighted by atomic mass is 10.2. The summed E-state index contributed by atoms with van der Waals surface area (Å²) in [6, 6.07) is 17.9. The van der Waals surface area contributed by atoms with Crippen LogP contribution in [0.1, 0.15) is 5.56 Å². The van der Waals surface area contributed by atoms with Crippen LogP contribution in [0, 0.1) is 22.7 Å². The van der Waals surface area contributed by atoms with E-state index in [1.807, 2.05) is 24.3 Å². The Balaban J connectivity index is 1.95. The molecule has 2 aromatic carbocycles. The molecule has 0 saturated heterocycles. The zero-order chi connectivity index (χ0) is 16.5. The average molecular weight is 323 g/mol. The third-order valence-corrected chi connectivity index (χ3v) is 3.73. The van der Waals surface area contributed by atoms with E-state index in [4.69, 9.17) is 15.3 Å². The fourth-order valence-corrected chi connectivity index (χ4v) is 2.47. The van der Waals surface area contributed by atoms with Crippen molar-refractivity contribution in [1.29, 1.82) is 10.5 Å². The zero-order valence-electron chi connectivity index (χ0n) is 12.2. The van der Waals surface area contributed by atoms with Crippen LogP contribution >= 0.6 is 11.8 Å². The van der Waals surface area contributed by atoms with E-state index < -0.39 is 0 Å². The van der Waals surface area contributed by atoms with Gasteiger partial charge in [-0.15, -0.1) is 11.8 Å². The van der Waals surface area contributed by atoms with Crippen LogP contribution in [-0.4, -0.2) is 18.3 Å². The number of thioether (sulfide) groups is 1. The van der Waals surface area contributed by atoms with Gasteiger partial charge in [0.15, 0.2) is 6.61 Å². The number of para-hydroxylation sites is 1. The Labute approximate surface area is 138 Å². The summed E-state index contributed by atoms with van der Waals surface area (Å²) in [6.45, 7) is -0.161. The molecule has 0 aliphatic heterocycles. The molecule has 6 heteroatoms. The molecule has 0 bridgehead atoms. The van der Waals surface area contributed by atoms with Gasteiger partial charge in [-0.3, -0.25) is 4.79 Å². The summed E-state index contributed by atoms with van der Waals surface area (Å²) in [5.41, 5.74) is 1.12. The first-order valence-electron chi connectivity index (χ1n) is 6.74. The predicted molar refractivity (Wildman–Crippen MR) is 88.1 cm³/mol. The SMILES string of the molecule is N#CCSc1ccccc1NC(=O)COc1cccc(C#N)c1. The van der Waals surface area contributed by atoms with E-state index in [1.165, 1.54) is 11.8 Å². The van der Waals surface area contributed by atoms with Crippen LogP contribution in [0.3, 0.4) is 0 Å². The van der Waals surface area contributed by atoms with Crippen molar-refractivity contribution in [3.8, 4) is 17.9 Å². The highest BCUT2D eigenvalue weighted by molar-refractivity contribution is 7.99. The molecule has 0 aromatic heterocycles. The predicted octanol–water partition coefficient (Wildman–Crippen LogP) is 3.19. The summed E-state index contributed by atoms with van der Waals surface area (Å²) in [5, 5.41) is 20.2. The fourth-order valence-electron chi connectivity index (χ4n) is 1.80. The second kappa shape index (κ2) is 8.47. The summed E-state index contributed by atoms with van der Waals surface area (Å²) < 4.78 is 5.38. The summed E-state index contributed by atoms with van der Waals surface area (Å²) >= 11 is 1.36. The Hall–Kier alpha value is -2.96. The second-order valence-electron chi connectivity index (χ2n) is 4.42. The number of ether oxygens (including phenoxy) is 1. The summed E-state index contributed by atoms with van der Waals surface area (Å²) in [5.74, 6) is 0.466. The minimum atomic E-state index is -0.308. The minimum Gasteiger partial charge on any atom is -0.484 e. The van der Waals surface area contributed by atoms with Crippen molar-refractivity contribution in [2.75, 3.05) is 17.7 Å². The standard InChI is InChI=1S/C17H13N3O2S/c18-8-9-23-16-7-2-1-6-15(16)20-17(21)12-22-14-5-3-4-13(10-14)11-19/h1-7,10H,9,12H2,(H,20,21). The van der Waals surface area contributed by atoms with Gasteiger partial charge < -0.3 is 10.1 Å². The van der Waals surface area contributed by atoms with Gasteiger partial charge in [-0.1, -0.05) is 18.2 Å². The molecule has 2 aromatic rings. The topological polar surface area (TPSA) is 85.9 Å². The maximum absolute atomic E-state index is 12.0. The number of hydrogen-bond acceptors (Lipinski definition) is 5. The summed E-state index contributed by atoms with van der Waals surface area (Å²) in [6.07, 6.45) is 0. The third kappa shape index (κ3) is 5.06. The highest BCUT2D eigenvalue weighted by Gasteiger charge is 2.08. The number of carbonyl (C=O) groups excluding carboxylic acids is 1. The maximum atomic E-state index is 12.0. The normalized spacial score (nSPS) is 9.48. The van der Waals surface area contributed by atoms with Crippen LogP contribution in [0.5, 0.6) is 5.75 Å². The first-order chi connectivity index (χ1) is 11.2. The van der Waals surface area contributed by atoms with Crippen LogP contribution in [0.15, 0.2) is 53.4 Å². The van der Waals surface area contributed by atoms with Gasteiger partial charge in [0.1, 0.15) is 5.75 Å². The Bertz CT molecular complexity index is 778. The van der Waals surface area contributed by atoms with Crippen LogP contribution in [0.2, 0.25) is 0 Å². The lowest BCUT2D eigenvalue weighted by molar-refractivity contribution is -0.118. The lowest BCUT2D eigenvalue weighted by Crippen LogP contribution is -2.20. The minimum absolute atomic E-state index is 0.161. The molecule has 1 N–H and O–H groups in total. The first-order valence-corrected chi connectivity index (χ1v) is 7.73. The number of nitriles is 2. The number of carbonyl (C=O) groups is 1. The Morgan fingerprint density at radius 2 is 2.00 bits per heavy atom. The van der Waals surface area contributed by atoms with Crippen LogP contribution < -0.4 is 10.1 Å². The van der Waals surface area contributed by atoms with E-state index >= 15 is 0 Å². The van der Waals surface area contributed by atoms with Gasteiger partial charge in [0.2, 0.25) is 0 Å². The van der Waals surface area contributed by atoms with E-state index in [-0.39, 0.29) is 12.5 Å². The molecule has 0 unspecified atom stereocenters. The van der Waals surface area contributed by atoms with Gasteiger partial charge in [-0.25, -0.2) is 0 Å². The van der Waals surface area contributed by atoms with E-state index in [9.17, 15) is 4.79 Å². The highest BCUT2D eigenvalue weighted by Crippen LogP contribution is 2.26. The van der Waals surface area contributed by atoms with Crippen molar-refractivity contribution in [2.45, 2.75) is 4.90 Å². The van der Waals surface area contributed by atoms with Crippen molar-refractivity contribution in [2.24, 2.45) is 0 Å². The van der Waals surface area contributed by atoms with Gasteiger partial charge >= 0.3 is 0 Å². The van der Waals surface area contributed by atoms with Gasteiger partial charge in [0.25, 0.3) is 5.91 Å². The number of amides is 1. The maximum Gasteiger partial charge on any atom is 0.262 e. The number of rotatable bonds is 6. The van der Waals surface area contributed by atoms with Crippen molar-refractivity contribution < 1.29 is 9.53 Å². The van der Waals surface area contributed by atoms with Crippen LogP contribution in [-0.2, 0) is 4.79 Å². The molecule has 0 heterocycles. The molecule has 1 amide bonds. The summed E-state index contributed by atoms with van der Waals surface area (Å²) in [4.78, 5) is 12.8. The molecule has 0 radical (unpaired) electrons. The van der Waals surface area contributed by atoms with E-state index in [2.05, 4.69) is 11.4 Å². The van der Waals surface area contributed by atoms with Gasteiger partial charge in [0.05, 0.1) is 29.1 Å². The number of benzene rings is 2. The molecule has 0 atom stereocenters. The molecule has 23 heavy (non-hydrogen) atoms. The molecule has 5 nitrogen and oxygen atoms in total. The first kappa shape index (κ1) is 16.4. The Morgan fingerprint density at radius 3 is 2.78 bits per heavy atom.